The zero-order valence-electron chi connectivity index (χ0n) is 12.1. The minimum atomic E-state index is -0.477. The highest BCUT2D eigenvalue weighted by molar-refractivity contribution is 5.81. The van der Waals surface area contributed by atoms with E-state index < -0.39 is 6.10 Å². The van der Waals surface area contributed by atoms with Crippen molar-refractivity contribution in [3.63, 3.8) is 0 Å². The molecule has 110 valence electrons. The van der Waals surface area contributed by atoms with Gasteiger partial charge in [0.05, 0.1) is 0 Å². The van der Waals surface area contributed by atoms with Crippen LogP contribution in [0.3, 0.4) is 0 Å². The van der Waals surface area contributed by atoms with E-state index in [1.165, 1.54) is 12.8 Å². The van der Waals surface area contributed by atoms with E-state index in [4.69, 9.17) is 10.5 Å². The fourth-order valence-corrected chi connectivity index (χ4v) is 2.61. The first-order chi connectivity index (χ1) is 9.70. The van der Waals surface area contributed by atoms with Crippen molar-refractivity contribution < 1.29 is 9.53 Å². The molecule has 0 spiro atoms. The molecule has 2 rings (SSSR count). The summed E-state index contributed by atoms with van der Waals surface area (Å²) in [5.41, 5.74) is 6.65. The summed E-state index contributed by atoms with van der Waals surface area (Å²) in [5.74, 6) is 0.728. The molecule has 1 aromatic carbocycles. The second-order valence-corrected chi connectivity index (χ2v) is 5.40. The minimum Gasteiger partial charge on any atom is -0.481 e. The Morgan fingerprint density at radius 2 is 2.10 bits per heavy atom. The molecule has 1 atom stereocenters. The summed E-state index contributed by atoms with van der Waals surface area (Å²) < 4.78 is 5.80. The normalized spacial score (nSPS) is 16.9. The lowest BCUT2D eigenvalue weighted by molar-refractivity contribution is -0.127. The predicted octanol–water partition coefficient (Wildman–Crippen LogP) is 2.01. The highest BCUT2D eigenvalue weighted by Crippen LogP contribution is 2.21. The Kier molecular flexibility index (Phi) is 5.41. The first kappa shape index (κ1) is 14.9. The highest BCUT2D eigenvalue weighted by atomic mass is 16.5. The van der Waals surface area contributed by atoms with Gasteiger partial charge in [-0.15, -0.1) is 0 Å². The maximum Gasteiger partial charge on any atom is 0.260 e. The molecule has 0 heterocycles. The molecule has 0 aromatic heterocycles. The molecule has 4 nitrogen and oxygen atoms in total. The van der Waals surface area contributed by atoms with Gasteiger partial charge in [0.25, 0.3) is 5.91 Å². The van der Waals surface area contributed by atoms with Crippen LogP contribution in [0.25, 0.3) is 0 Å². The second kappa shape index (κ2) is 7.29. The molecule has 20 heavy (non-hydrogen) atoms. The van der Waals surface area contributed by atoms with E-state index in [1.54, 1.807) is 6.92 Å². The van der Waals surface area contributed by atoms with Gasteiger partial charge in [-0.05, 0) is 44.4 Å². The Bertz CT molecular complexity index is 442. The van der Waals surface area contributed by atoms with Crippen molar-refractivity contribution >= 4 is 5.91 Å². The van der Waals surface area contributed by atoms with E-state index in [0.717, 1.165) is 30.6 Å². The van der Waals surface area contributed by atoms with E-state index >= 15 is 0 Å². The Labute approximate surface area is 120 Å². The molecule has 1 aliphatic carbocycles. The van der Waals surface area contributed by atoms with Gasteiger partial charge in [0.1, 0.15) is 5.75 Å². The van der Waals surface area contributed by atoms with Crippen LogP contribution < -0.4 is 15.8 Å². The molecule has 1 unspecified atom stereocenters. The van der Waals surface area contributed by atoms with Crippen LogP contribution in [-0.4, -0.2) is 24.6 Å². The molecule has 1 amide bonds. The van der Waals surface area contributed by atoms with Gasteiger partial charge < -0.3 is 15.8 Å². The molecule has 1 aromatic rings. The number of amides is 1. The van der Waals surface area contributed by atoms with Gasteiger partial charge in [0.2, 0.25) is 0 Å². The average molecular weight is 276 g/mol. The lowest BCUT2D eigenvalue weighted by Gasteiger charge is -2.19. The van der Waals surface area contributed by atoms with Crippen molar-refractivity contribution in [2.75, 3.05) is 6.54 Å². The molecule has 0 aliphatic heterocycles. The van der Waals surface area contributed by atoms with Crippen LogP contribution in [0.5, 0.6) is 5.75 Å². The molecular formula is C16H24N2O2. The van der Waals surface area contributed by atoms with Crippen LogP contribution >= 0.6 is 0 Å². The standard InChI is InChI=1S/C16H24N2O2/c1-12(16(19)18-14-7-3-4-8-14)20-15-9-5-2-6-13(15)10-11-17/h2,5-6,9,12,14H,3-4,7-8,10-11,17H2,1H3,(H,18,19). The number of para-hydroxylation sites is 1. The predicted molar refractivity (Wildman–Crippen MR) is 79.7 cm³/mol. The van der Waals surface area contributed by atoms with E-state index in [0.29, 0.717) is 12.6 Å². The van der Waals surface area contributed by atoms with Gasteiger partial charge in [-0.3, -0.25) is 4.79 Å². The number of hydrogen-bond donors (Lipinski definition) is 2. The fraction of sp³-hybridized carbons (Fsp3) is 0.562. The van der Waals surface area contributed by atoms with Crippen LogP contribution in [0, 0.1) is 0 Å². The number of nitrogens with one attached hydrogen (secondary N) is 1. The van der Waals surface area contributed by atoms with Crippen molar-refractivity contribution in [2.24, 2.45) is 5.73 Å². The zero-order chi connectivity index (χ0) is 14.4. The number of nitrogens with two attached hydrogens (primary N) is 1. The van der Waals surface area contributed by atoms with Crippen molar-refractivity contribution in [2.45, 2.75) is 51.2 Å². The molecule has 0 bridgehead atoms. The van der Waals surface area contributed by atoms with Crippen LogP contribution in [0.2, 0.25) is 0 Å². The molecule has 4 heteroatoms. The summed E-state index contributed by atoms with van der Waals surface area (Å²) in [7, 11) is 0. The van der Waals surface area contributed by atoms with Gasteiger partial charge in [0, 0.05) is 6.04 Å². The van der Waals surface area contributed by atoms with Gasteiger partial charge in [-0.25, -0.2) is 0 Å². The molecule has 1 fully saturated rings. The minimum absolute atomic E-state index is 0.0283. The van der Waals surface area contributed by atoms with Crippen LogP contribution in [0.4, 0.5) is 0 Å². The lowest BCUT2D eigenvalue weighted by Crippen LogP contribution is -2.41. The summed E-state index contributed by atoms with van der Waals surface area (Å²) in [5, 5.41) is 3.06. The van der Waals surface area contributed by atoms with Crippen molar-refractivity contribution in [3.05, 3.63) is 29.8 Å². The number of carbonyl (C=O) groups is 1. The van der Waals surface area contributed by atoms with Gasteiger partial charge >= 0.3 is 0 Å². The topological polar surface area (TPSA) is 64.3 Å². The maximum absolute atomic E-state index is 12.1. The van der Waals surface area contributed by atoms with Gasteiger partial charge in [0.15, 0.2) is 6.10 Å². The van der Waals surface area contributed by atoms with E-state index in [1.807, 2.05) is 24.3 Å². The third kappa shape index (κ3) is 3.97. The number of carbonyl (C=O) groups excluding carboxylic acids is 1. The average Bonchev–Trinajstić information content (AvgIpc) is 2.94. The molecule has 0 saturated heterocycles. The Morgan fingerprint density at radius 3 is 2.80 bits per heavy atom. The highest BCUT2D eigenvalue weighted by Gasteiger charge is 2.22. The molecule has 1 aliphatic rings. The first-order valence-electron chi connectivity index (χ1n) is 7.45. The summed E-state index contributed by atoms with van der Waals surface area (Å²) in [6, 6.07) is 8.08. The quantitative estimate of drug-likeness (QED) is 0.835. The van der Waals surface area contributed by atoms with Crippen LogP contribution in [0.1, 0.15) is 38.2 Å². The zero-order valence-corrected chi connectivity index (χ0v) is 12.1. The van der Waals surface area contributed by atoms with Crippen molar-refractivity contribution in [3.8, 4) is 5.75 Å². The number of rotatable bonds is 6. The monoisotopic (exact) mass is 276 g/mol. The smallest absolute Gasteiger partial charge is 0.260 e. The van der Waals surface area contributed by atoms with Crippen LogP contribution in [-0.2, 0) is 11.2 Å². The third-order valence-electron chi connectivity index (χ3n) is 3.76. The summed E-state index contributed by atoms with van der Waals surface area (Å²) in [6.45, 7) is 2.37. The maximum atomic E-state index is 12.1. The SMILES string of the molecule is CC(Oc1ccccc1CCN)C(=O)NC1CCCC1. The van der Waals surface area contributed by atoms with Crippen LogP contribution in [0.15, 0.2) is 24.3 Å². The summed E-state index contributed by atoms with van der Waals surface area (Å²) >= 11 is 0. The van der Waals surface area contributed by atoms with Gasteiger partial charge in [-0.2, -0.15) is 0 Å². The van der Waals surface area contributed by atoms with E-state index in [-0.39, 0.29) is 5.91 Å². The molecular weight excluding hydrogens is 252 g/mol. The number of benzene rings is 1. The van der Waals surface area contributed by atoms with E-state index in [9.17, 15) is 4.79 Å². The van der Waals surface area contributed by atoms with E-state index in [2.05, 4.69) is 5.32 Å². The fourth-order valence-electron chi connectivity index (χ4n) is 2.61. The molecule has 0 radical (unpaired) electrons. The summed E-state index contributed by atoms with van der Waals surface area (Å²) in [4.78, 5) is 12.1. The Hall–Kier alpha value is -1.55. The number of hydrogen-bond acceptors (Lipinski definition) is 3. The Balaban J connectivity index is 1.92. The van der Waals surface area contributed by atoms with Crippen molar-refractivity contribution in [1.82, 2.24) is 5.32 Å². The first-order valence-corrected chi connectivity index (χ1v) is 7.45. The third-order valence-corrected chi connectivity index (χ3v) is 3.76. The van der Waals surface area contributed by atoms with Gasteiger partial charge in [-0.1, -0.05) is 31.0 Å². The molecule has 1 saturated carbocycles. The van der Waals surface area contributed by atoms with Crippen molar-refractivity contribution in [1.29, 1.82) is 0 Å². The Morgan fingerprint density at radius 1 is 1.40 bits per heavy atom. The second-order valence-electron chi connectivity index (χ2n) is 5.40. The summed E-state index contributed by atoms with van der Waals surface area (Å²) in [6.07, 6.45) is 4.87. The molecule has 3 N–H and O–H groups in total. The lowest BCUT2D eigenvalue weighted by atomic mass is 10.1. The number of ether oxygens (including phenoxy) is 1. The largest absolute Gasteiger partial charge is 0.481 e.